The maximum absolute atomic E-state index is 13.5. The van der Waals surface area contributed by atoms with Crippen LogP contribution in [-0.4, -0.2) is 90.2 Å². The van der Waals surface area contributed by atoms with Crippen molar-refractivity contribution in [3.8, 4) is 0 Å². The van der Waals surface area contributed by atoms with Crippen LogP contribution in [0, 0.1) is 5.92 Å². The number of aromatic nitrogens is 1. The van der Waals surface area contributed by atoms with E-state index in [0.717, 1.165) is 15.3 Å². The quantitative estimate of drug-likeness (QED) is 0.198. The van der Waals surface area contributed by atoms with Crippen LogP contribution in [-0.2, 0) is 26.2 Å². The summed E-state index contributed by atoms with van der Waals surface area (Å²) in [5, 5.41) is 17.4. The molecule has 43 heavy (non-hydrogen) atoms. The molecule has 0 aliphatic heterocycles. The van der Waals surface area contributed by atoms with Gasteiger partial charge in [-0.3, -0.25) is 14.4 Å². The number of nitrogens with zero attached hydrogens (tertiary/aromatic N) is 3. The fraction of sp³-hybridized carbons (Fsp3) is 0.400. The summed E-state index contributed by atoms with van der Waals surface area (Å²) in [6.07, 6.45) is -1.70. The number of para-hydroxylation sites is 1. The average Bonchev–Trinajstić information content (AvgIpc) is 2.95. The first-order valence-electron chi connectivity index (χ1n) is 13.9. The van der Waals surface area contributed by atoms with E-state index in [-0.39, 0.29) is 31.1 Å². The van der Waals surface area contributed by atoms with Crippen molar-refractivity contribution >= 4 is 38.8 Å². The third-order valence-corrected chi connectivity index (χ3v) is 8.57. The summed E-state index contributed by atoms with van der Waals surface area (Å²) >= 11 is 0. The van der Waals surface area contributed by atoms with Gasteiger partial charge in [0.2, 0.25) is 11.8 Å². The lowest BCUT2D eigenvalue weighted by molar-refractivity contribution is -0.128. The molecular weight excluding hydrogens is 572 g/mol. The number of nitrogens with two attached hydrogens (primary N) is 1. The van der Waals surface area contributed by atoms with Crippen molar-refractivity contribution < 1.29 is 27.9 Å². The van der Waals surface area contributed by atoms with Gasteiger partial charge in [-0.25, -0.2) is 4.98 Å². The van der Waals surface area contributed by atoms with E-state index in [0.29, 0.717) is 5.52 Å². The summed E-state index contributed by atoms with van der Waals surface area (Å²) in [6.45, 7) is 3.55. The molecule has 2 aromatic carbocycles. The molecule has 3 atom stereocenters. The highest BCUT2D eigenvalue weighted by Crippen LogP contribution is 2.15. The Kier molecular flexibility index (Phi) is 11.7. The maximum atomic E-state index is 13.5. The fourth-order valence-electron chi connectivity index (χ4n) is 4.51. The van der Waals surface area contributed by atoms with Crippen LogP contribution in [0.3, 0.4) is 0 Å². The molecule has 12 nitrogen and oxygen atoms in total. The Morgan fingerprint density at radius 3 is 2.21 bits per heavy atom. The molecule has 0 saturated carbocycles. The van der Waals surface area contributed by atoms with Crippen molar-refractivity contribution in [2.45, 2.75) is 44.9 Å². The van der Waals surface area contributed by atoms with Gasteiger partial charge in [-0.05, 0) is 30.0 Å². The Hall–Kier alpha value is -3.91. The Balaban J connectivity index is 1.86. The highest BCUT2D eigenvalue weighted by molar-refractivity contribution is 7.86. The van der Waals surface area contributed by atoms with E-state index in [2.05, 4.69) is 15.6 Å². The third kappa shape index (κ3) is 9.55. The van der Waals surface area contributed by atoms with Crippen LogP contribution in [0.5, 0.6) is 0 Å². The van der Waals surface area contributed by atoms with Crippen molar-refractivity contribution in [1.29, 1.82) is 0 Å². The summed E-state index contributed by atoms with van der Waals surface area (Å²) in [6, 6.07) is 17.1. The molecule has 3 rings (SSSR count). The molecule has 0 saturated heterocycles. The van der Waals surface area contributed by atoms with E-state index < -0.39 is 52.5 Å². The number of rotatable bonds is 15. The molecule has 3 aromatic rings. The fourth-order valence-corrected chi connectivity index (χ4v) is 5.80. The predicted molar refractivity (Wildman–Crippen MR) is 164 cm³/mol. The average molecular weight is 613 g/mol. The first kappa shape index (κ1) is 33.6. The van der Waals surface area contributed by atoms with Crippen molar-refractivity contribution in [3.63, 3.8) is 0 Å². The van der Waals surface area contributed by atoms with Gasteiger partial charge < -0.3 is 21.5 Å². The first-order valence-corrected chi connectivity index (χ1v) is 15.3. The molecule has 0 aliphatic carbocycles. The van der Waals surface area contributed by atoms with Crippen LogP contribution in [0.25, 0.3) is 10.9 Å². The summed E-state index contributed by atoms with van der Waals surface area (Å²) in [5.74, 6) is -2.32. The Morgan fingerprint density at radius 2 is 1.58 bits per heavy atom. The zero-order chi connectivity index (χ0) is 31.7. The monoisotopic (exact) mass is 612 g/mol. The van der Waals surface area contributed by atoms with Gasteiger partial charge in [0.15, 0.2) is 0 Å². The topological polar surface area (TPSA) is 175 Å². The number of pyridine rings is 1. The predicted octanol–water partition coefficient (Wildman–Crippen LogP) is 1.06. The zero-order valence-electron chi connectivity index (χ0n) is 24.8. The van der Waals surface area contributed by atoms with E-state index >= 15 is 0 Å². The summed E-state index contributed by atoms with van der Waals surface area (Å²) < 4.78 is 28.3. The minimum Gasteiger partial charge on any atom is -0.390 e. The SMILES string of the molecule is CC(C)CN(C[C@@H](O)[C@H](Cc1ccccc1)NC(=O)C(CC(N)=O)NC(=O)c1ccc2ccccc2n1)S(=O)(=O)N(C)C. The Labute approximate surface area is 252 Å². The van der Waals surface area contributed by atoms with Gasteiger partial charge in [0.05, 0.1) is 24.1 Å². The van der Waals surface area contributed by atoms with Gasteiger partial charge in [-0.15, -0.1) is 0 Å². The smallest absolute Gasteiger partial charge is 0.281 e. The lowest BCUT2D eigenvalue weighted by Gasteiger charge is -2.32. The lowest BCUT2D eigenvalue weighted by Crippen LogP contribution is -2.56. The number of primary amides is 1. The van der Waals surface area contributed by atoms with E-state index in [9.17, 15) is 27.9 Å². The van der Waals surface area contributed by atoms with Gasteiger partial charge >= 0.3 is 0 Å². The summed E-state index contributed by atoms with van der Waals surface area (Å²) in [7, 11) is -1.08. The first-order chi connectivity index (χ1) is 20.3. The number of aliphatic hydroxyl groups is 1. The van der Waals surface area contributed by atoms with Crippen LogP contribution in [0.4, 0.5) is 0 Å². The zero-order valence-corrected chi connectivity index (χ0v) is 25.6. The number of benzene rings is 2. The molecule has 0 fully saturated rings. The largest absolute Gasteiger partial charge is 0.390 e. The standard InChI is InChI=1S/C30H40N6O6S/c1-20(2)18-36(43(41,42)35(3)4)19-27(37)25(16-21-10-6-5-7-11-21)33-30(40)26(17-28(31)38)34-29(39)24-15-14-22-12-8-9-13-23(22)32-24/h5-15,20,25-27,37H,16-19H2,1-4H3,(H2,31,38)(H,33,40)(H,34,39)/t25-,26?,27+/m0/s1. The van der Waals surface area contributed by atoms with E-state index in [4.69, 9.17) is 5.73 Å². The Bertz CT molecular complexity index is 1520. The van der Waals surface area contributed by atoms with Gasteiger partial charge in [-0.1, -0.05) is 68.4 Å². The summed E-state index contributed by atoms with van der Waals surface area (Å²) in [5.41, 5.74) is 6.80. The summed E-state index contributed by atoms with van der Waals surface area (Å²) in [4.78, 5) is 42.8. The van der Waals surface area contributed by atoms with Gasteiger partial charge in [0.25, 0.3) is 16.1 Å². The molecule has 1 aromatic heterocycles. The number of carbonyl (C=O) groups excluding carboxylic acids is 3. The minimum absolute atomic E-state index is 0.0389. The molecule has 1 heterocycles. The van der Waals surface area contributed by atoms with Crippen molar-refractivity contribution in [3.05, 3.63) is 78.0 Å². The number of fused-ring (bicyclic) bond motifs is 1. The molecule has 0 radical (unpaired) electrons. The second kappa shape index (κ2) is 15.0. The highest BCUT2D eigenvalue weighted by Gasteiger charge is 2.33. The van der Waals surface area contributed by atoms with Crippen molar-refractivity contribution in [1.82, 2.24) is 24.2 Å². The number of hydrogen-bond acceptors (Lipinski definition) is 7. The highest BCUT2D eigenvalue weighted by atomic mass is 32.2. The number of aliphatic hydroxyl groups excluding tert-OH is 1. The second-order valence-electron chi connectivity index (χ2n) is 11.0. The van der Waals surface area contributed by atoms with E-state index in [1.807, 2.05) is 44.2 Å². The van der Waals surface area contributed by atoms with Crippen molar-refractivity contribution in [2.75, 3.05) is 27.2 Å². The number of carbonyl (C=O) groups is 3. The van der Waals surface area contributed by atoms with Crippen LogP contribution in [0.1, 0.15) is 36.3 Å². The van der Waals surface area contributed by atoms with Crippen LogP contribution in [0.15, 0.2) is 66.7 Å². The van der Waals surface area contributed by atoms with Crippen LogP contribution < -0.4 is 16.4 Å². The van der Waals surface area contributed by atoms with Gasteiger partial charge in [-0.2, -0.15) is 17.0 Å². The molecule has 13 heteroatoms. The molecule has 0 spiro atoms. The van der Waals surface area contributed by atoms with Crippen LogP contribution >= 0.6 is 0 Å². The number of hydrogen-bond donors (Lipinski definition) is 4. The lowest BCUT2D eigenvalue weighted by atomic mass is 10.00. The Morgan fingerprint density at radius 1 is 0.930 bits per heavy atom. The molecule has 3 amide bonds. The molecule has 0 aliphatic rings. The third-order valence-electron chi connectivity index (χ3n) is 6.70. The minimum atomic E-state index is -3.89. The number of amides is 3. The molecular formula is C30H40N6O6S. The normalized spacial score (nSPS) is 14.0. The van der Waals surface area contributed by atoms with Crippen molar-refractivity contribution in [2.24, 2.45) is 11.7 Å². The van der Waals surface area contributed by atoms with Gasteiger partial charge in [0, 0.05) is 32.6 Å². The van der Waals surface area contributed by atoms with Gasteiger partial charge in [0.1, 0.15) is 11.7 Å². The van der Waals surface area contributed by atoms with E-state index in [1.54, 1.807) is 30.3 Å². The molecule has 232 valence electrons. The second-order valence-corrected chi connectivity index (χ2v) is 13.1. The van der Waals surface area contributed by atoms with Crippen LogP contribution in [0.2, 0.25) is 0 Å². The molecule has 1 unspecified atom stereocenters. The molecule has 0 bridgehead atoms. The maximum Gasteiger partial charge on any atom is 0.281 e. The van der Waals surface area contributed by atoms with E-state index in [1.165, 1.54) is 24.5 Å². The molecule has 5 N–H and O–H groups in total. The number of nitrogens with one attached hydrogen (secondary N) is 2.